The third-order valence-corrected chi connectivity index (χ3v) is 13.4. The summed E-state index contributed by atoms with van der Waals surface area (Å²) in [6, 6.07) is 88.6. The van der Waals surface area contributed by atoms with Crippen molar-refractivity contribution in [3.05, 3.63) is 273 Å². The van der Waals surface area contributed by atoms with Crippen molar-refractivity contribution >= 4 is 39.2 Å². The van der Waals surface area contributed by atoms with Crippen LogP contribution < -0.4 is 9.80 Å². The number of allylic oxidation sites excluding steroid dienone is 2. The zero-order chi connectivity index (χ0) is 43.8. The molecule has 0 radical (unpaired) electrons. The second-order valence-electron chi connectivity index (χ2n) is 17.2. The van der Waals surface area contributed by atoms with Gasteiger partial charge in [-0.3, -0.25) is 0 Å². The van der Waals surface area contributed by atoms with Gasteiger partial charge in [0.25, 0.3) is 0 Å². The zero-order valence-electron chi connectivity index (χ0n) is 36.5. The number of fused-ring (bicyclic) bond motifs is 4. The van der Waals surface area contributed by atoms with Crippen LogP contribution in [0.2, 0.25) is 0 Å². The molecule has 0 spiro atoms. The van der Waals surface area contributed by atoms with Gasteiger partial charge in [0.05, 0.1) is 17.4 Å². The Morgan fingerprint density at radius 3 is 1.36 bits per heavy atom. The number of hydrogen-bond donors (Lipinski definition) is 0. The molecule has 2 heteroatoms. The summed E-state index contributed by atoms with van der Waals surface area (Å²) in [6.07, 6.45) is 9.14. The van der Waals surface area contributed by atoms with Gasteiger partial charge in [0.15, 0.2) is 0 Å². The fourth-order valence-electron chi connectivity index (χ4n) is 10.4. The zero-order valence-corrected chi connectivity index (χ0v) is 36.5. The van der Waals surface area contributed by atoms with Crippen molar-refractivity contribution in [1.82, 2.24) is 0 Å². The van der Waals surface area contributed by atoms with Crippen LogP contribution in [0.25, 0.3) is 66.4 Å². The van der Waals surface area contributed by atoms with Gasteiger partial charge in [0.2, 0.25) is 0 Å². The van der Waals surface area contributed by atoms with Crippen LogP contribution in [0.4, 0.5) is 28.4 Å². The first-order valence-electron chi connectivity index (χ1n) is 22.9. The van der Waals surface area contributed by atoms with Gasteiger partial charge in [-0.05, 0) is 91.7 Å². The van der Waals surface area contributed by atoms with Gasteiger partial charge >= 0.3 is 0 Å². The van der Waals surface area contributed by atoms with Gasteiger partial charge in [0.1, 0.15) is 0 Å². The summed E-state index contributed by atoms with van der Waals surface area (Å²) in [5.74, 6) is 0.280. The third kappa shape index (κ3) is 6.92. The smallest absolute Gasteiger partial charge is 0.0630 e. The predicted octanol–water partition coefficient (Wildman–Crippen LogP) is 17.4. The van der Waals surface area contributed by atoms with E-state index in [0.717, 1.165) is 17.1 Å². The van der Waals surface area contributed by atoms with Crippen LogP contribution in [0.1, 0.15) is 11.5 Å². The van der Waals surface area contributed by atoms with Crippen LogP contribution in [0.15, 0.2) is 267 Å². The molecule has 10 aromatic carbocycles. The second kappa shape index (κ2) is 16.9. The molecule has 66 heavy (non-hydrogen) atoms. The van der Waals surface area contributed by atoms with Gasteiger partial charge in [-0.15, -0.1) is 0 Å². The van der Waals surface area contributed by atoms with Crippen LogP contribution in [0.3, 0.4) is 0 Å². The summed E-state index contributed by atoms with van der Waals surface area (Å²) in [5, 5.41) is 2.50. The Balaban J connectivity index is 0.984. The van der Waals surface area contributed by atoms with E-state index in [2.05, 4.69) is 277 Å². The number of nitrogens with zero attached hydrogens (tertiary/aromatic N) is 2. The van der Waals surface area contributed by atoms with Gasteiger partial charge in [-0.1, -0.05) is 231 Å². The molecule has 2 atom stereocenters. The number of anilines is 5. The van der Waals surface area contributed by atoms with Gasteiger partial charge in [-0.2, -0.15) is 0 Å². The summed E-state index contributed by atoms with van der Waals surface area (Å²) in [6.45, 7) is 0. The predicted molar refractivity (Wildman–Crippen MR) is 279 cm³/mol. The lowest BCUT2D eigenvalue weighted by molar-refractivity contribution is 0.745. The highest BCUT2D eigenvalue weighted by Gasteiger charge is 2.39. The highest BCUT2D eigenvalue weighted by molar-refractivity contribution is 6.05. The molecule has 1 aliphatic carbocycles. The summed E-state index contributed by atoms with van der Waals surface area (Å²) in [7, 11) is 0. The molecule has 312 valence electrons. The molecular weight excluding hydrogens is 797 g/mol. The lowest BCUT2D eigenvalue weighted by atomic mass is 9.90. The molecule has 1 heterocycles. The van der Waals surface area contributed by atoms with Crippen LogP contribution in [-0.4, -0.2) is 6.04 Å². The van der Waals surface area contributed by atoms with Crippen molar-refractivity contribution < 1.29 is 0 Å². The highest BCUT2D eigenvalue weighted by Crippen LogP contribution is 2.53. The second-order valence-corrected chi connectivity index (χ2v) is 17.2. The first kappa shape index (κ1) is 39.2. The van der Waals surface area contributed by atoms with E-state index in [1.807, 2.05) is 0 Å². The fourth-order valence-corrected chi connectivity index (χ4v) is 10.4. The van der Waals surface area contributed by atoms with E-state index in [1.165, 1.54) is 83.3 Å². The molecule has 2 nitrogen and oxygen atoms in total. The molecule has 0 saturated carbocycles. The number of rotatable bonds is 9. The molecule has 0 N–H and O–H groups in total. The molecule has 0 saturated heterocycles. The molecule has 10 aromatic rings. The molecule has 0 bridgehead atoms. The summed E-state index contributed by atoms with van der Waals surface area (Å²) in [4.78, 5) is 5.00. The topological polar surface area (TPSA) is 6.48 Å². The molecule has 2 aliphatic rings. The molecule has 1 aliphatic heterocycles. The Bertz CT molecular complexity index is 3410. The third-order valence-electron chi connectivity index (χ3n) is 13.4. The molecule has 0 aromatic heterocycles. The van der Waals surface area contributed by atoms with Crippen molar-refractivity contribution in [2.24, 2.45) is 0 Å². The van der Waals surface area contributed by atoms with E-state index in [9.17, 15) is 0 Å². The minimum atomic E-state index is 0.169. The van der Waals surface area contributed by atoms with E-state index in [-0.39, 0.29) is 12.0 Å². The molecule has 12 rings (SSSR count). The first-order chi connectivity index (χ1) is 32.8. The van der Waals surface area contributed by atoms with Crippen LogP contribution in [0.5, 0.6) is 0 Å². The Morgan fingerprint density at radius 2 is 0.758 bits per heavy atom. The number of benzene rings is 10. The van der Waals surface area contributed by atoms with Crippen molar-refractivity contribution in [2.75, 3.05) is 9.80 Å². The normalized spacial score (nSPS) is 14.8. The largest absolute Gasteiger partial charge is 0.332 e. The lowest BCUT2D eigenvalue weighted by Gasteiger charge is -2.33. The molecular formula is C64H46N2. The minimum absolute atomic E-state index is 0.169. The van der Waals surface area contributed by atoms with Gasteiger partial charge < -0.3 is 9.80 Å². The SMILES string of the molecule is C1=CC2c3ccccc3N(c3c(-c4ccccc4)cccc3-c3ccc(N(c4ccc(-c5ccc(-c6ccccc6)c6ccccc56)cc4)c4ccccc4-c4ccccc4)cc3)C2C=C1. The van der Waals surface area contributed by atoms with Crippen molar-refractivity contribution in [2.45, 2.75) is 12.0 Å². The fraction of sp³-hybridized carbons (Fsp3) is 0.0312. The van der Waals surface area contributed by atoms with E-state index >= 15 is 0 Å². The van der Waals surface area contributed by atoms with E-state index in [1.54, 1.807) is 0 Å². The monoisotopic (exact) mass is 842 g/mol. The summed E-state index contributed by atoms with van der Waals surface area (Å²) >= 11 is 0. The Kier molecular flexibility index (Phi) is 10.0. The Labute approximate surface area is 387 Å². The van der Waals surface area contributed by atoms with E-state index < -0.39 is 0 Å². The highest BCUT2D eigenvalue weighted by atomic mass is 15.2. The Hall–Kier alpha value is -8.46. The van der Waals surface area contributed by atoms with Crippen LogP contribution in [0, 0.1) is 0 Å². The summed E-state index contributed by atoms with van der Waals surface area (Å²) in [5.41, 5.74) is 19.1. The van der Waals surface area contributed by atoms with Gasteiger partial charge in [-0.25, -0.2) is 0 Å². The average Bonchev–Trinajstić information content (AvgIpc) is 3.73. The molecule has 0 amide bonds. The maximum Gasteiger partial charge on any atom is 0.0630 e. The standard InChI is InChI=1S/C64H46N2/c1-4-19-45(20-5-1)52-43-44-53(58-27-11-10-26-57(52)58)48-35-39-50(40-36-48)65(61-32-15-12-25-54(61)46-21-6-2-7-22-46)51-41-37-49(38-42-51)56-31-18-30-55(47-23-8-3-9-24-47)64(56)66-62-33-16-13-28-59(62)60-29-14-17-34-63(60)66/h1-44,59,62H. The minimum Gasteiger partial charge on any atom is -0.332 e. The number of para-hydroxylation sites is 3. The molecule has 0 fully saturated rings. The van der Waals surface area contributed by atoms with E-state index in [0.29, 0.717) is 0 Å². The Morgan fingerprint density at radius 1 is 0.318 bits per heavy atom. The lowest BCUT2D eigenvalue weighted by Crippen LogP contribution is -2.29. The van der Waals surface area contributed by atoms with E-state index in [4.69, 9.17) is 0 Å². The first-order valence-corrected chi connectivity index (χ1v) is 22.9. The van der Waals surface area contributed by atoms with Crippen LogP contribution >= 0.6 is 0 Å². The maximum atomic E-state index is 2.59. The maximum absolute atomic E-state index is 2.59. The molecule has 2 unspecified atom stereocenters. The van der Waals surface area contributed by atoms with Crippen LogP contribution in [-0.2, 0) is 0 Å². The quantitative estimate of drug-likeness (QED) is 0.143. The average molecular weight is 843 g/mol. The van der Waals surface area contributed by atoms with Crippen molar-refractivity contribution in [3.63, 3.8) is 0 Å². The summed E-state index contributed by atoms with van der Waals surface area (Å²) < 4.78 is 0. The van der Waals surface area contributed by atoms with Crippen molar-refractivity contribution in [3.8, 4) is 55.6 Å². The van der Waals surface area contributed by atoms with Crippen molar-refractivity contribution in [1.29, 1.82) is 0 Å². The van der Waals surface area contributed by atoms with Gasteiger partial charge in [0, 0.05) is 39.7 Å². The number of hydrogen-bond acceptors (Lipinski definition) is 2.